The summed E-state index contributed by atoms with van der Waals surface area (Å²) in [5, 5.41) is 3.22. The summed E-state index contributed by atoms with van der Waals surface area (Å²) in [4.78, 5) is 27.5. The lowest BCUT2D eigenvalue weighted by atomic mass is 9.73. The molecule has 3 aromatic rings. The standard InChI is InChI=1S/C30H27F3N2O3/c1-29(2)16-22-26(24(36)17-29)27(20-12-6-9-15-25(20)38-18-19-10-4-3-5-11-19)35(28(37)30(31,32)33)23-14-8-7-13-21(23)34-22/h3-15,27,34H,16-18H2,1-2H3/t27-/m1/s1. The van der Waals surface area contributed by atoms with E-state index < -0.39 is 23.5 Å². The number of hydrogen-bond donors (Lipinski definition) is 1. The minimum atomic E-state index is -5.17. The maximum atomic E-state index is 14.1. The van der Waals surface area contributed by atoms with E-state index in [0.717, 1.165) is 5.56 Å². The zero-order valence-electron chi connectivity index (χ0n) is 21.0. The van der Waals surface area contributed by atoms with Crippen molar-refractivity contribution in [3.8, 4) is 5.75 Å². The number of benzene rings is 3. The van der Waals surface area contributed by atoms with Crippen molar-refractivity contribution < 1.29 is 27.5 Å². The van der Waals surface area contributed by atoms with Crippen molar-refractivity contribution in [2.75, 3.05) is 10.2 Å². The number of fused-ring (bicyclic) bond motifs is 1. The van der Waals surface area contributed by atoms with E-state index in [-0.39, 0.29) is 30.1 Å². The van der Waals surface area contributed by atoms with Crippen molar-refractivity contribution >= 4 is 23.1 Å². The van der Waals surface area contributed by atoms with Gasteiger partial charge in [-0.15, -0.1) is 0 Å². The number of carbonyl (C=O) groups excluding carboxylic acids is 2. The van der Waals surface area contributed by atoms with Gasteiger partial charge in [0, 0.05) is 23.3 Å². The highest BCUT2D eigenvalue weighted by Crippen LogP contribution is 2.50. The predicted octanol–water partition coefficient (Wildman–Crippen LogP) is 6.97. The third-order valence-corrected chi connectivity index (χ3v) is 6.81. The lowest BCUT2D eigenvalue weighted by molar-refractivity contribution is -0.170. The van der Waals surface area contributed by atoms with Gasteiger partial charge in [0.05, 0.1) is 17.4 Å². The molecule has 0 bridgehead atoms. The number of anilines is 2. The zero-order chi connectivity index (χ0) is 27.1. The molecule has 1 N–H and O–H groups in total. The van der Waals surface area contributed by atoms with Crippen LogP contribution in [0.2, 0.25) is 0 Å². The molecule has 1 heterocycles. The molecule has 38 heavy (non-hydrogen) atoms. The number of allylic oxidation sites excluding steroid dienone is 1. The van der Waals surface area contributed by atoms with Gasteiger partial charge in [-0.25, -0.2) is 0 Å². The fourth-order valence-electron chi connectivity index (χ4n) is 5.21. The second-order valence-electron chi connectivity index (χ2n) is 10.4. The topological polar surface area (TPSA) is 58.6 Å². The summed E-state index contributed by atoms with van der Waals surface area (Å²) in [7, 11) is 0. The summed E-state index contributed by atoms with van der Waals surface area (Å²) in [6.07, 6.45) is -4.60. The minimum Gasteiger partial charge on any atom is -0.489 e. The Balaban J connectivity index is 1.73. The Kier molecular flexibility index (Phi) is 6.51. The number of rotatable bonds is 4. The van der Waals surface area contributed by atoms with Gasteiger partial charge in [-0.05, 0) is 35.6 Å². The van der Waals surface area contributed by atoms with Crippen molar-refractivity contribution in [1.82, 2.24) is 0 Å². The molecule has 3 aromatic carbocycles. The third-order valence-electron chi connectivity index (χ3n) is 6.81. The summed E-state index contributed by atoms with van der Waals surface area (Å²) in [6.45, 7) is 4.05. The first-order valence-electron chi connectivity index (χ1n) is 12.3. The maximum Gasteiger partial charge on any atom is 0.471 e. The Morgan fingerprint density at radius 2 is 1.63 bits per heavy atom. The van der Waals surface area contributed by atoms with E-state index in [9.17, 15) is 22.8 Å². The van der Waals surface area contributed by atoms with Gasteiger partial charge in [-0.2, -0.15) is 13.2 Å². The Morgan fingerprint density at radius 1 is 0.974 bits per heavy atom. The maximum absolute atomic E-state index is 14.1. The average molecular weight is 521 g/mol. The van der Waals surface area contributed by atoms with E-state index in [0.29, 0.717) is 34.0 Å². The summed E-state index contributed by atoms with van der Waals surface area (Å²) in [6, 6.07) is 21.0. The number of hydrogen-bond acceptors (Lipinski definition) is 4. The lowest BCUT2D eigenvalue weighted by Crippen LogP contribution is -2.45. The van der Waals surface area contributed by atoms with Crippen LogP contribution in [0.3, 0.4) is 0 Å². The lowest BCUT2D eigenvalue weighted by Gasteiger charge is -2.37. The predicted molar refractivity (Wildman–Crippen MR) is 139 cm³/mol. The van der Waals surface area contributed by atoms with Crippen LogP contribution in [0, 0.1) is 5.41 Å². The van der Waals surface area contributed by atoms with Gasteiger partial charge < -0.3 is 10.1 Å². The fraction of sp³-hybridized carbons (Fsp3) is 0.267. The molecular formula is C30H27F3N2O3. The van der Waals surface area contributed by atoms with Crippen molar-refractivity contribution in [3.63, 3.8) is 0 Å². The molecule has 1 aliphatic heterocycles. The molecule has 1 atom stereocenters. The van der Waals surface area contributed by atoms with Gasteiger partial charge in [0.15, 0.2) is 5.78 Å². The number of ether oxygens (including phenoxy) is 1. The highest BCUT2D eigenvalue weighted by Gasteiger charge is 2.51. The van der Waals surface area contributed by atoms with Gasteiger partial charge in [0.1, 0.15) is 12.4 Å². The first-order valence-corrected chi connectivity index (χ1v) is 12.3. The van der Waals surface area contributed by atoms with Crippen LogP contribution in [0.5, 0.6) is 5.75 Å². The molecule has 0 spiro atoms. The quantitative estimate of drug-likeness (QED) is 0.404. The highest BCUT2D eigenvalue weighted by atomic mass is 19.4. The number of nitrogens with one attached hydrogen (secondary N) is 1. The first kappa shape index (κ1) is 25.6. The second-order valence-corrected chi connectivity index (χ2v) is 10.4. The van der Waals surface area contributed by atoms with Crippen molar-refractivity contribution in [2.45, 2.75) is 45.5 Å². The van der Waals surface area contributed by atoms with E-state index in [1.54, 1.807) is 42.5 Å². The number of halogens is 3. The normalized spacial score (nSPS) is 18.7. The molecule has 0 aromatic heterocycles. The Hall–Kier alpha value is -4.07. The molecule has 2 aliphatic rings. The van der Waals surface area contributed by atoms with E-state index in [1.807, 2.05) is 44.2 Å². The minimum absolute atomic E-state index is 0.0395. The number of Topliss-reactive ketones (excluding diaryl/α,β-unsaturated/α-hetero) is 1. The number of carbonyl (C=O) groups is 2. The molecule has 0 unspecified atom stereocenters. The Labute approximate surface area is 218 Å². The number of ketones is 1. The molecule has 0 saturated heterocycles. The second kappa shape index (κ2) is 9.67. The van der Waals surface area contributed by atoms with Gasteiger partial charge in [0.25, 0.3) is 0 Å². The van der Waals surface area contributed by atoms with Gasteiger partial charge >= 0.3 is 12.1 Å². The van der Waals surface area contributed by atoms with Crippen LogP contribution in [-0.2, 0) is 16.2 Å². The van der Waals surface area contributed by atoms with Gasteiger partial charge in [-0.1, -0.05) is 74.5 Å². The molecule has 5 nitrogen and oxygen atoms in total. The van der Waals surface area contributed by atoms with Crippen LogP contribution >= 0.6 is 0 Å². The van der Waals surface area contributed by atoms with E-state index in [4.69, 9.17) is 4.74 Å². The summed E-state index contributed by atoms with van der Waals surface area (Å²) >= 11 is 0. The molecular weight excluding hydrogens is 493 g/mol. The Morgan fingerprint density at radius 3 is 2.37 bits per heavy atom. The number of para-hydroxylation sites is 3. The summed E-state index contributed by atoms with van der Waals surface area (Å²) in [5.74, 6) is -2.06. The van der Waals surface area contributed by atoms with Crippen LogP contribution in [0.1, 0.15) is 43.9 Å². The molecule has 5 rings (SSSR count). The third kappa shape index (κ3) is 4.90. The zero-order valence-corrected chi connectivity index (χ0v) is 21.0. The fourth-order valence-corrected chi connectivity index (χ4v) is 5.21. The van der Waals surface area contributed by atoms with Crippen LogP contribution in [0.25, 0.3) is 0 Å². The molecule has 0 radical (unpaired) electrons. The van der Waals surface area contributed by atoms with E-state index in [2.05, 4.69) is 5.32 Å². The highest BCUT2D eigenvalue weighted by molar-refractivity contribution is 6.07. The number of amides is 1. The monoisotopic (exact) mass is 520 g/mol. The van der Waals surface area contributed by atoms with Crippen molar-refractivity contribution in [3.05, 3.63) is 101 Å². The molecule has 8 heteroatoms. The van der Waals surface area contributed by atoms with Crippen molar-refractivity contribution in [2.24, 2.45) is 5.41 Å². The number of nitrogens with zero attached hydrogens (tertiary/aromatic N) is 1. The SMILES string of the molecule is CC1(C)CC(=O)C2=C(C1)Nc1ccccc1N(C(=O)C(F)(F)F)[C@@H]2c1ccccc1OCc1ccccc1. The largest absolute Gasteiger partial charge is 0.489 e. The van der Waals surface area contributed by atoms with Crippen molar-refractivity contribution in [1.29, 1.82) is 0 Å². The first-order chi connectivity index (χ1) is 18.0. The molecule has 1 aliphatic carbocycles. The molecule has 0 fully saturated rings. The molecule has 196 valence electrons. The number of alkyl halides is 3. The summed E-state index contributed by atoms with van der Waals surface area (Å²) in [5.41, 5.74) is 1.79. The van der Waals surface area contributed by atoms with Crippen LogP contribution in [-0.4, -0.2) is 17.9 Å². The molecule has 1 amide bonds. The van der Waals surface area contributed by atoms with Crippen LogP contribution in [0.4, 0.5) is 24.5 Å². The smallest absolute Gasteiger partial charge is 0.471 e. The van der Waals surface area contributed by atoms with E-state index >= 15 is 0 Å². The Bertz CT molecular complexity index is 1410. The van der Waals surface area contributed by atoms with Crippen LogP contribution < -0.4 is 15.0 Å². The van der Waals surface area contributed by atoms with Crippen LogP contribution in [0.15, 0.2) is 90.1 Å². The van der Waals surface area contributed by atoms with Gasteiger partial charge in [-0.3, -0.25) is 14.5 Å². The average Bonchev–Trinajstić information content (AvgIpc) is 3.00. The molecule has 0 saturated carbocycles. The summed E-state index contributed by atoms with van der Waals surface area (Å²) < 4.78 is 48.5. The van der Waals surface area contributed by atoms with Gasteiger partial charge in [0.2, 0.25) is 0 Å². The van der Waals surface area contributed by atoms with E-state index in [1.165, 1.54) is 6.07 Å².